The zero-order valence-electron chi connectivity index (χ0n) is 12.9. The van der Waals surface area contributed by atoms with Gasteiger partial charge in [0, 0.05) is 32.2 Å². The van der Waals surface area contributed by atoms with Crippen LogP contribution in [0.5, 0.6) is 0 Å². The van der Waals surface area contributed by atoms with Crippen LogP contribution in [-0.2, 0) is 9.53 Å². The van der Waals surface area contributed by atoms with Gasteiger partial charge in [-0.25, -0.2) is 0 Å². The number of methoxy groups -OCH3 is 1. The van der Waals surface area contributed by atoms with Crippen molar-refractivity contribution in [2.75, 3.05) is 40.9 Å². The molecule has 1 rings (SSSR count). The summed E-state index contributed by atoms with van der Waals surface area (Å²) in [6, 6.07) is 5.53. The highest BCUT2D eigenvalue weighted by molar-refractivity contribution is 9.10. The van der Waals surface area contributed by atoms with Crippen molar-refractivity contribution in [1.29, 1.82) is 0 Å². The Labute approximate surface area is 134 Å². The standard InChI is InChI=1S/C15H21BrN2O3/c1-11-5-6-12(13(16)9-11)15(20)18(7-8-21-4)10-14(19)17(2)3/h5-6,9H,7-8,10H2,1-4H3. The smallest absolute Gasteiger partial charge is 0.255 e. The Morgan fingerprint density at radius 3 is 2.48 bits per heavy atom. The number of rotatable bonds is 6. The maximum Gasteiger partial charge on any atom is 0.255 e. The summed E-state index contributed by atoms with van der Waals surface area (Å²) < 4.78 is 5.75. The van der Waals surface area contributed by atoms with Gasteiger partial charge in [-0.3, -0.25) is 9.59 Å². The minimum atomic E-state index is -0.186. The minimum absolute atomic E-state index is 0.0372. The van der Waals surface area contributed by atoms with Crippen LogP contribution < -0.4 is 0 Å². The maximum atomic E-state index is 12.6. The van der Waals surface area contributed by atoms with Crippen LogP contribution in [-0.4, -0.2) is 62.5 Å². The molecule has 0 aliphatic heterocycles. The van der Waals surface area contributed by atoms with Gasteiger partial charge in [-0.1, -0.05) is 6.07 Å². The molecule has 0 atom stereocenters. The molecule has 6 heteroatoms. The highest BCUT2D eigenvalue weighted by Gasteiger charge is 2.21. The number of halogens is 1. The van der Waals surface area contributed by atoms with E-state index in [2.05, 4.69) is 15.9 Å². The minimum Gasteiger partial charge on any atom is -0.383 e. The molecule has 5 nitrogen and oxygen atoms in total. The average Bonchev–Trinajstić information content (AvgIpc) is 2.42. The molecule has 2 amide bonds. The number of benzene rings is 1. The van der Waals surface area contributed by atoms with Crippen LogP contribution in [0.1, 0.15) is 15.9 Å². The van der Waals surface area contributed by atoms with E-state index in [0.717, 1.165) is 10.0 Å². The lowest BCUT2D eigenvalue weighted by Crippen LogP contribution is -2.42. The van der Waals surface area contributed by atoms with Gasteiger partial charge < -0.3 is 14.5 Å². The predicted octanol–water partition coefficient (Wildman–Crippen LogP) is 1.93. The Bertz CT molecular complexity index is 518. The van der Waals surface area contributed by atoms with Crippen molar-refractivity contribution in [3.63, 3.8) is 0 Å². The second-order valence-corrected chi connectivity index (χ2v) is 5.85. The summed E-state index contributed by atoms with van der Waals surface area (Å²) in [5.74, 6) is -0.309. The normalized spacial score (nSPS) is 10.3. The molecular weight excluding hydrogens is 336 g/mol. The quantitative estimate of drug-likeness (QED) is 0.782. The molecule has 0 spiro atoms. The largest absolute Gasteiger partial charge is 0.383 e. The summed E-state index contributed by atoms with van der Waals surface area (Å²) in [7, 11) is 4.91. The molecule has 1 aromatic carbocycles. The van der Waals surface area contributed by atoms with Gasteiger partial charge in [0.15, 0.2) is 0 Å². The molecule has 0 unspecified atom stereocenters. The van der Waals surface area contributed by atoms with Crippen molar-refractivity contribution < 1.29 is 14.3 Å². The molecule has 0 saturated heterocycles. The summed E-state index contributed by atoms with van der Waals surface area (Å²) in [5, 5.41) is 0. The van der Waals surface area contributed by atoms with Crippen LogP contribution in [0, 0.1) is 6.92 Å². The SMILES string of the molecule is COCCN(CC(=O)N(C)C)C(=O)c1ccc(C)cc1Br. The predicted molar refractivity (Wildman–Crippen MR) is 85.4 cm³/mol. The van der Waals surface area contributed by atoms with Gasteiger partial charge in [0.1, 0.15) is 6.54 Å². The Hall–Kier alpha value is -1.40. The molecule has 0 heterocycles. The second kappa shape index (κ2) is 8.14. The highest BCUT2D eigenvalue weighted by atomic mass is 79.9. The van der Waals surface area contributed by atoms with Crippen LogP contribution in [0.4, 0.5) is 0 Å². The topological polar surface area (TPSA) is 49.9 Å². The van der Waals surface area contributed by atoms with Crippen molar-refractivity contribution in [3.8, 4) is 0 Å². The van der Waals surface area contributed by atoms with Crippen molar-refractivity contribution in [2.45, 2.75) is 6.92 Å². The third-order valence-electron chi connectivity index (χ3n) is 3.03. The number of nitrogens with zero attached hydrogens (tertiary/aromatic N) is 2. The number of aryl methyl sites for hydroxylation is 1. The number of carbonyl (C=O) groups excluding carboxylic acids is 2. The van der Waals surface area contributed by atoms with E-state index in [-0.39, 0.29) is 18.4 Å². The highest BCUT2D eigenvalue weighted by Crippen LogP contribution is 2.20. The van der Waals surface area contributed by atoms with E-state index in [1.54, 1.807) is 27.3 Å². The molecule has 0 fully saturated rings. The summed E-state index contributed by atoms with van der Waals surface area (Å²) in [5.41, 5.74) is 1.61. The Morgan fingerprint density at radius 2 is 1.95 bits per heavy atom. The summed E-state index contributed by atoms with van der Waals surface area (Å²) in [4.78, 5) is 27.5. The first kappa shape index (κ1) is 17.7. The maximum absolute atomic E-state index is 12.6. The number of likely N-dealkylation sites (N-methyl/N-ethyl adjacent to an activating group) is 1. The van der Waals surface area contributed by atoms with Gasteiger partial charge in [-0.05, 0) is 40.5 Å². The van der Waals surface area contributed by atoms with E-state index in [1.165, 1.54) is 9.80 Å². The van der Waals surface area contributed by atoms with Crippen molar-refractivity contribution in [2.24, 2.45) is 0 Å². The van der Waals surface area contributed by atoms with Crippen LogP contribution >= 0.6 is 15.9 Å². The Morgan fingerprint density at radius 1 is 1.29 bits per heavy atom. The lowest BCUT2D eigenvalue weighted by molar-refractivity contribution is -0.129. The molecule has 116 valence electrons. The fraction of sp³-hybridized carbons (Fsp3) is 0.467. The zero-order chi connectivity index (χ0) is 16.0. The molecular formula is C15H21BrN2O3. The molecule has 0 aliphatic rings. The number of ether oxygens (including phenoxy) is 1. The Balaban J connectivity index is 2.95. The molecule has 1 aromatic rings. The lowest BCUT2D eigenvalue weighted by Gasteiger charge is -2.24. The first-order chi connectivity index (χ1) is 9.86. The Kier molecular flexibility index (Phi) is 6.84. The third-order valence-corrected chi connectivity index (χ3v) is 3.69. The van der Waals surface area contributed by atoms with E-state index >= 15 is 0 Å². The molecule has 0 aliphatic carbocycles. The molecule has 0 saturated carbocycles. The summed E-state index contributed by atoms with van der Waals surface area (Å²) in [6.07, 6.45) is 0. The van der Waals surface area contributed by atoms with Crippen molar-refractivity contribution in [1.82, 2.24) is 9.80 Å². The zero-order valence-corrected chi connectivity index (χ0v) is 14.4. The van der Waals surface area contributed by atoms with Gasteiger partial charge >= 0.3 is 0 Å². The van der Waals surface area contributed by atoms with Crippen LogP contribution in [0.15, 0.2) is 22.7 Å². The van der Waals surface area contributed by atoms with E-state index < -0.39 is 0 Å². The molecule has 21 heavy (non-hydrogen) atoms. The third kappa shape index (κ3) is 5.13. The van der Waals surface area contributed by atoms with Crippen LogP contribution in [0.25, 0.3) is 0 Å². The number of carbonyl (C=O) groups is 2. The van der Waals surface area contributed by atoms with Crippen LogP contribution in [0.2, 0.25) is 0 Å². The van der Waals surface area contributed by atoms with E-state index in [4.69, 9.17) is 4.74 Å². The molecule has 0 N–H and O–H groups in total. The fourth-order valence-corrected chi connectivity index (χ4v) is 2.39. The van der Waals surface area contributed by atoms with Crippen LogP contribution in [0.3, 0.4) is 0 Å². The first-order valence-electron chi connectivity index (χ1n) is 6.61. The van der Waals surface area contributed by atoms with Crippen molar-refractivity contribution >= 4 is 27.7 Å². The molecule has 0 radical (unpaired) electrons. The summed E-state index contributed by atoms with van der Waals surface area (Å²) >= 11 is 3.41. The number of hydrogen-bond donors (Lipinski definition) is 0. The van der Waals surface area contributed by atoms with Gasteiger partial charge in [0.05, 0.1) is 12.2 Å². The molecule has 0 bridgehead atoms. The van der Waals surface area contributed by atoms with Gasteiger partial charge in [-0.2, -0.15) is 0 Å². The van der Waals surface area contributed by atoms with Gasteiger partial charge in [0.25, 0.3) is 5.91 Å². The first-order valence-corrected chi connectivity index (χ1v) is 7.40. The number of hydrogen-bond acceptors (Lipinski definition) is 3. The van der Waals surface area contributed by atoms with E-state index in [0.29, 0.717) is 18.7 Å². The van der Waals surface area contributed by atoms with E-state index in [1.807, 2.05) is 19.1 Å². The second-order valence-electron chi connectivity index (χ2n) is 4.99. The fourth-order valence-electron chi connectivity index (χ4n) is 1.72. The monoisotopic (exact) mass is 356 g/mol. The number of amides is 2. The van der Waals surface area contributed by atoms with Gasteiger partial charge in [-0.15, -0.1) is 0 Å². The summed E-state index contributed by atoms with van der Waals surface area (Å²) in [6.45, 7) is 2.75. The van der Waals surface area contributed by atoms with Gasteiger partial charge in [0.2, 0.25) is 5.91 Å². The van der Waals surface area contributed by atoms with E-state index in [9.17, 15) is 9.59 Å². The average molecular weight is 357 g/mol. The lowest BCUT2D eigenvalue weighted by atomic mass is 10.1. The van der Waals surface area contributed by atoms with Crippen molar-refractivity contribution in [3.05, 3.63) is 33.8 Å². The molecule has 0 aromatic heterocycles.